The average molecular weight is 454 g/mol. The molecule has 2 aliphatic heterocycles. The van der Waals surface area contributed by atoms with E-state index in [0.29, 0.717) is 32.3 Å². The van der Waals surface area contributed by atoms with E-state index in [2.05, 4.69) is 14.9 Å². The molecule has 0 aliphatic carbocycles. The number of ether oxygens (including phenoxy) is 1. The van der Waals surface area contributed by atoms with Gasteiger partial charge < -0.3 is 14.5 Å². The van der Waals surface area contributed by atoms with Crippen molar-refractivity contribution in [1.29, 1.82) is 0 Å². The first kappa shape index (κ1) is 21.8. The van der Waals surface area contributed by atoms with Crippen LogP contribution in [0.4, 0.5) is 20.5 Å². The van der Waals surface area contributed by atoms with Crippen molar-refractivity contribution in [2.75, 3.05) is 62.3 Å². The number of nitrogens with zero attached hydrogens (tertiary/aromatic N) is 5. The topological polar surface area (TPSA) is 78.9 Å². The molecule has 168 valence electrons. The zero-order valence-electron chi connectivity index (χ0n) is 17.3. The van der Waals surface area contributed by atoms with Crippen molar-refractivity contribution in [3.63, 3.8) is 0 Å². The summed E-state index contributed by atoms with van der Waals surface area (Å²) in [4.78, 5) is 13.3. The molecule has 0 unspecified atom stereocenters. The fourth-order valence-corrected chi connectivity index (χ4v) is 5.29. The number of benzene rings is 1. The van der Waals surface area contributed by atoms with Crippen molar-refractivity contribution < 1.29 is 21.9 Å². The summed E-state index contributed by atoms with van der Waals surface area (Å²) in [5.74, 6) is -0.603. The Kier molecular flexibility index (Phi) is 6.35. The summed E-state index contributed by atoms with van der Waals surface area (Å²) in [6.45, 7) is 6.13. The van der Waals surface area contributed by atoms with Crippen LogP contribution in [0, 0.1) is 18.6 Å². The molecule has 0 amide bonds. The first-order chi connectivity index (χ1) is 14.8. The normalized spacial score (nSPS) is 18.4. The maximum atomic E-state index is 13.4. The molecule has 4 rings (SSSR count). The first-order valence-corrected chi connectivity index (χ1v) is 11.8. The van der Waals surface area contributed by atoms with Gasteiger partial charge in [0.2, 0.25) is 16.0 Å². The molecular weight excluding hydrogens is 428 g/mol. The van der Waals surface area contributed by atoms with Crippen molar-refractivity contribution in [2.45, 2.75) is 12.7 Å². The number of hydrogen-bond acceptors (Lipinski definition) is 7. The van der Waals surface area contributed by atoms with E-state index in [1.165, 1.54) is 4.31 Å². The number of anilines is 2. The minimum atomic E-state index is -3.70. The zero-order chi connectivity index (χ0) is 22.0. The number of aryl methyl sites for hydroxylation is 1. The summed E-state index contributed by atoms with van der Waals surface area (Å²) in [7, 11) is -3.70. The molecule has 0 N–H and O–H groups in total. The maximum Gasteiger partial charge on any atom is 0.227 e. The van der Waals surface area contributed by atoms with E-state index in [1.807, 2.05) is 17.9 Å². The lowest BCUT2D eigenvalue weighted by atomic mass is 10.2. The Hall–Kier alpha value is -2.37. The number of aromatic nitrogens is 2. The van der Waals surface area contributed by atoms with Crippen molar-refractivity contribution in [1.82, 2.24) is 14.3 Å². The van der Waals surface area contributed by atoms with Crippen LogP contribution >= 0.6 is 0 Å². The third-order valence-electron chi connectivity index (χ3n) is 5.35. The van der Waals surface area contributed by atoms with E-state index in [0.717, 1.165) is 42.8 Å². The second-order valence-electron chi connectivity index (χ2n) is 7.69. The molecule has 1 aromatic carbocycles. The van der Waals surface area contributed by atoms with Gasteiger partial charge in [0.1, 0.15) is 17.5 Å². The van der Waals surface area contributed by atoms with Crippen LogP contribution in [0.3, 0.4) is 0 Å². The molecule has 1 aromatic heterocycles. The van der Waals surface area contributed by atoms with Crippen LogP contribution in [-0.4, -0.2) is 75.2 Å². The Bertz CT molecular complexity index is 1020. The highest BCUT2D eigenvalue weighted by Crippen LogP contribution is 2.21. The third-order valence-corrected chi connectivity index (χ3v) is 7.20. The highest BCUT2D eigenvalue weighted by Gasteiger charge is 2.29. The molecule has 11 heteroatoms. The number of sulfonamides is 1. The summed E-state index contributed by atoms with van der Waals surface area (Å²) < 4.78 is 59.1. The Morgan fingerprint density at radius 1 is 0.903 bits per heavy atom. The third kappa shape index (κ3) is 5.28. The van der Waals surface area contributed by atoms with Gasteiger partial charge in [-0.3, -0.25) is 0 Å². The molecule has 2 aliphatic rings. The molecule has 8 nitrogen and oxygen atoms in total. The maximum absolute atomic E-state index is 13.4. The van der Waals surface area contributed by atoms with Crippen LogP contribution in [0.2, 0.25) is 0 Å². The lowest BCUT2D eigenvalue weighted by Gasteiger charge is -2.35. The molecule has 3 heterocycles. The lowest BCUT2D eigenvalue weighted by Crippen LogP contribution is -2.49. The van der Waals surface area contributed by atoms with Crippen LogP contribution < -0.4 is 9.80 Å². The van der Waals surface area contributed by atoms with Crippen molar-refractivity contribution in [2.24, 2.45) is 0 Å². The molecule has 0 spiro atoms. The van der Waals surface area contributed by atoms with E-state index in [4.69, 9.17) is 4.74 Å². The van der Waals surface area contributed by atoms with Gasteiger partial charge in [0.25, 0.3) is 0 Å². The smallest absolute Gasteiger partial charge is 0.227 e. The quantitative estimate of drug-likeness (QED) is 0.680. The monoisotopic (exact) mass is 453 g/mol. The summed E-state index contributed by atoms with van der Waals surface area (Å²) in [5.41, 5.74) is 0.937. The summed E-state index contributed by atoms with van der Waals surface area (Å²) in [6.07, 6.45) is 0. The highest BCUT2D eigenvalue weighted by molar-refractivity contribution is 7.88. The van der Waals surface area contributed by atoms with Crippen LogP contribution in [-0.2, 0) is 20.5 Å². The van der Waals surface area contributed by atoms with Gasteiger partial charge in [-0.25, -0.2) is 22.2 Å². The number of rotatable bonds is 5. The molecule has 0 atom stereocenters. The highest BCUT2D eigenvalue weighted by atomic mass is 32.2. The van der Waals surface area contributed by atoms with E-state index in [1.54, 1.807) is 0 Å². The zero-order valence-corrected chi connectivity index (χ0v) is 18.1. The van der Waals surface area contributed by atoms with Gasteiger partial charge in [0, 0.05) is 57.1 Å². The van der Waals surface area contributed by atoms with Gasteiger partial charge >= 0.3 is 0 Å². The van der Waals surface area contributed by atoms with Crippen LogP contribution in [0.1, 0.15) is 11.3 Å². The van der Waals surface area contributed by atoms with Crippen LogP contribution in [0.15, 0.2) is 24.3 Å². The van der Waals surface area contributed by atoms with E-state index in [9.17, 15) is 17.2 Å². The van der Waals surface area contributed by atoms with Gasteiger partial charge in [0.15, 0.2) is 0 Å². The van der Waals surface area contributed by atoms with E-state index in [-0.39, 0.29) is 18.7 Å². The second-order valence-corrected chi connectivity index (χ2v) is 9.66. The Morgan fingerprint density at radius 2 is 1.55 bits per heavy atom. The summed E-state index contributed by atoms with van der Waals surface area (Å²) in [5, 5.41) is 0. The van der Waals surface area contributed by atoms with Gasteiger partial charge in [-0.05, 0) is 24.6 Å². The van der Waals surface area contributed by atoms with Gasteiger partial charge in [-0.2, -0.15) is 9.29 Å². The van der Waals surface area contributed by atoms with Gasteiger partial charge in [-0.15, -0.1) is 0 Å². The van der Waals surface area contributed by atoms with Crippen LogP contribution in [0.25, 0.3) is 0 Å². The van der Waals surface area contributed by atoms with Gasteiger partial charge in [-0.1, -0.05) is 0 Å². The molecule has 0 saturated carbocycles. The van der Waals surface area contributed by atoms with Crippen molar-refractivity contribution in [3.05, 3.63) is 47.2 Å². The predicted octanol–water partition coefficient (Wildman–Crippen LogP) is 1.55. The van der Waals surface area contributed by atoms with Crippen LogP contribution in [0.5, 0.6) is 0 Å². The first-order valence-electron chi connectivity index (χ1n) is 10.2. The average Bonchev–Trinajstić information content (AvgIpc) is 2.73. The molecule has 2 aromatic rings. The summed E-state index contributed by atoms with van der Waals surface area (Å²) >= 11 is 0. The SMILES string of the molecule is Cc1cc(N2CCOCC2)nc(N2CCN(S(=O)(=O)Cc3cc(F)cc(F)c3)CC2)n1. The predicted molar refractivity (Wildman–Crippen MR) is 113 cm³/mol. The standard InChI is InChI=1S/C20H25F2N5O3S/c1-15-10-19(25-6-8-30-9-7-25)24-20(23-15)26-2-4-27(5-3-26)31(28,29)14-16-11-17(21)13-18(22)12-16/h10-13H,2-9,14H2,1H3. The van der Waals surface area contributed by atoms with Crippen molar-refractivity contribution in [3.8, 4) is 0 Å². The van der Waals surface area contributed by atoms with E-state index < -0.39 is 27.4 Å². The molecule has 2 fully saturated rings. The number of hydrogen-bond donors (Lipinski definition) is 0. The fraction of sp³-hybridized carbons (Fsp3) is 0.500. The Morgan fingerprint density at radius 3 is 2.19 bits per heavy atom. The Balaban J connectivity index is 1.43. The summed E-state index contributed by atoms with van der Waals surface area (Å²) in [6, 6.07) is 4.75. The minimum absolute atomic E-state index is 0.0945. The molecular formula is C20H25F2N5O3S. The Labute approximate surface area is 180 Å². The molecule has 31 heavy (non-hydrogen) atoms. The van der Waals surface area contributed by atoms with E-state index >= 15 is 0 Å². The molecule has 2 saturated heterocycles. The molecule has 0 radical (unpaired) electrons. The van der Waals surface area contributed by atoms with Gasteiger partial charge in [0.05, 0.1) is 19.0 Å². The second kappa shape index (κ2) is 9.01. The number of halogens is 2. The lowest BCUT2D eigenvalue weighted by molar-refractivity contribution is 0.122. The van der Waals surface area contributed by atoms with Crippen molar-refractivity contribution >= 4 is 21.8 Å². The largest absolute Gasteiger partial charge is 0.378 e. The minimum Gasteiger partial charge on any atom is -0.378 e. The fourth-order valence-electron chi connectivity index (χ4n) is 3.79. The molecule has 0 bridgehead atoms. The number of morpholine rings is 1. The number of piperazine rings is 1.